The second kappa shape index (κ2) is 17.7. The number of aryl methyl sites for hydroxylation is 1. The molecule has 6 aliphatic rings. The van der Waals surface area contributed by atoms with E-state index in [1.807, 2.05) is 12.3 Å². The number of nitrogens with two attached hydrogens (primary N) is 1. The third-order valence-electron chi connectivity index (χ3n) is 17.1. The number of ketones is 1. The predicted octanol–water partition coefficient (Wildman–Crippen LogP) is 9.66. The zero-order chi connectivity index (χ0) is 47.7. The Morgan fingerprint density at radius 3 is 2.45 bits per heavy atom. The van der Waals surface area contributed by atoms with E-state index in [0.717, 1.165) is 48.1 Å². The number of Topliss-reactive ketones (excluding diaryl/α,β-unsaturated/α-hetero) is 1. The van der Waals surface area contributed by atoms with Crippen molar-refractivity contribution in [3.63, 3.8) is 0 Å². The van der Waals surface area contributed by atoms with Gasteiger partial charge in [-0.3, -0.25) is 10.5 Å². The Morgan fingerprint density at radius 2 is 1.62 bits per heavy atom. The van der Waals surface area contributed by atoms with E-state index in [0.29, 0.717) is 43.2 Å². The van der Waals surface area contributed by atoms with Crippen molar-refractivity contribution in [2.75, 3.05) is 6.73 Å². The summed E-state index contributed by atoms with van der Waals surface area (Å²) in [7, 11) is 0. The summed E-state index contributed by atoms with van der Waals surface area (Å²) in [5.41, 5.74) is 13.8. The molecule has 6 aliphatic carbocycles. The van der Waals surface area contributed by atoms with E-state index in [-0.39, 0.29) is 107 Å². The van der Waals surface area contributed by atoms with E-state index in [4.69, 9.17) is 15.2 Å². The first-order valence-corrected chi connectivity index (χ1v) is 24.6. The number of fused-ring (bicyclic) bond motifs is 8. The number of aliphatic hydroxyl groups excluding tert-OH is 1. The van der Waals surface area contributed by atoms with Crippen LogP contribution < -0.4 is 15.2 Å². The summed E-state index contributed by atoms with van der Waals surface area (Å²) in [6.07, 6.45) is 7.44. The lowest BCUT2D eigenvalue weighted by Crippen LogP contribution is -2.54. The van der Waals surface area contributed by atoms with Crippen LogP contribution in [0.15, 0.2) is 103 Å². The van der Waals surface area contributed by atoms with Crippen molar-refractivity contribution < 1.29 is 50.0 Å². The molecule has 0 unspecified atom stereocenters. The number of aromatic amines is 1. The zero-order valence-electron chi connectivity index (χ0n) is 38.4. The summed E-state index contributed by atoms with van der Waals surface area (Å²) >= 11 is 0. The molecule has 0 saturated heterocycles. The summed E-state index contributed by atoms with van der Waals surface area (Å²) < 4.78 is 12.1. The fraction of sp³-hybridized carbons (Fsp3) is 0.386. The smallest absolute Gasteiger partial charge is 0.200 e. The number of carbonyl (C=O) groups excluding carboxylic acids is 1. The van der Waals surface area contributed by atoms with Gasteiger partial charge in [-0.1, -0.05) is 61.4 Å². The van der Waals surface area contributed by atoms with Crippen LogP contribution in [0.5, 0.6) is 46.0 Å². The Bertz CT molecular complexity index is 2930. The average molecular weight is 933 g/mol. The summed E-state index contributed by atoms with van der Waals surface area (Å²) in [6, 6.07) is 29.0. The molecule has 3 saturated carbocycles. The number of phenols is 6. The molecule has 10 N–H and O–H groups in total. The number of rotatable bonds is 12. The van der Waals surface area contributed by atoms with Gasteiger partial charge in [-0.05, 0) is 162 Å². The Kier molecular flexibility index (Phi) is 11.5. The number of benzene rings is 5. The van der Waals surface area contributed by atoms with Crippen LogP contribution >= 0.6 is 0 Å². The molecule has 0 spiro atoms. The molecule has 1 aromatic heterocycles. The molecule has 0 aliphatic heterocycles. The molecule has 69 heavy (non-hydrogen) atoms. The Labute approximate surface area is 401 Å². The highest BCUT2D eigenvalue weighted by Gasteiger charge is 2.63. The van der Waals surface area contributed by atoms with Crippen molar-refractivity contribution in [1.29, 1.82) is 0 Å². The first kappa shape index (κ1) is 44.9. The van der Waals surface area contributed by atoms with Crippen LogP contribution in [0.1, 0.15) is 108 Å². The van der Waals surface area contributed by atoms with Crippen molar-refractivity contribution in [1.82, 2.24) is 4.98 Å². The third kappa shape index (κ3) is 7.54. The molecule has 12 nitrogen and oxygen atoms in total. The lowest BCUT2D eigenvalue weighted by Gasteiger charge is -2.58. The fourth-order valence-corrected chi connectivity index (χ4v) is 14.5. The molecule has 0 amide bonds. The van der Waals surface area contributed by atoms with Crippen molar-refractivity contribution in [2.45, 2.75) is 100 Å². The van der Waals surface area contributed by atoms with Crippen LogP contribution in [-0.4, -0.2) is 59.3 Å². The minimum Gasteiger partial charge on any atom is -0.508 e. The number of nitrogens with one attached hydrogen (secondary N) is 1. The number of phenolic OH excluding ortho intramolecular Hbond substituents is 6. The molecule has 6 aromatic rings. The number of H-pyrrole nitrogens is 1. The predicted molar refractivity (Wildman–Crippen MR) is 259 cm³/mol. The van der Waals surface area contributed by atoms with Gasteiger partial charge in [0, 0.05) is 46.8 Å². The molecule has 12 heteroatoms. The molecule has 358 valence electrons. The van der Waals surface area contributed by atoms with Crippen LogP contribution in [0, 0.1) is 29.6 Å². The van der Waals surface area contributed by atoms with Crippen molar-refractivity contribution in [2.24, 2.45) is 35.3 Å². The normalized spacial score (nSPS) is 27.5. The van der Waals surface area contributed by atoms with Gasteiger partial charge in [-0.25, -0.2) is 0 Å². The lowest BCUT2D eigenvalue weighted by atomic mass is 9.45. The van der Waals surface area contributed by atoms with Crippen LogP contribution in [-0.2, 0) is 29.7 Å². The first-order valence-electron chi connectivity index (χ1n) is 24.6. The molecule has 3 fully saturated rings. The van der Waals surface area contributed by atoms with E-state index < -0.39 is 23.9 Å². The Morgan fingerprint density at radius 1 is 0.783 bits per heavy atom. The highest BCUT2D eigenvalue weighted by atomic mass is 16.5. The number of aliphatic hydroxyl groups is 1. The van der Waals surface area contributed by atoms with Gasteiger partial charge in [-0.15, -0.1) is 0 Å². The molecular weight excluding hydrogens is 873 g/mol. The summed E-state index contributed by atoms with van der Waals surface area (Å²) in [6.45, 7) is -0.108. The van der Waals surface area contributed by atoms with E-state index in [1.54, 1.807) is 48.5 Å². The number of aromatic nitrogens is 1. The molecule has 10 atom stereocenters. The van der Waals surface area contributed by atoms with Crippen LogP contribution in [0.4, 0.5) is 0 Å². The number of hydrogen-bond acceptors (Lipinski definition) is 11. The molecule has 2 bridgehead atoms. The second-order valence-corrected chi connectivity index (χ2v) is 20.5. The van der Waals surface area contributed by atoms with Crippen LogP contribution in [0.3, 0.4) is 0 Å². The van der Waals surface area contributed by atoms with Crippen LogP contribution in [0.25, 0.3) is 11.3 Å². The van der Waals surface area contributed by atoms with E-state index in [1.165, 1.54) is 28.8 Å². The fourth-order valence-electron chi connectivity index (χ4n) is 14.5. The van der Waals surface area contributed by atoms with Gasteiger partial charge in [0.1, 0.15) is 36.4 Å². The topological polar surface area (TPSA) is 219 Å². The molecule has 0 radical (unpaired) electrons. The maximum atomic E-state index is 15.0. The highest BCUT2D eigenvalue weighted by Crippen LogP contribution is 2.71. The third-order valence-corrected chi connectivity index (χ3v) is 17.1. The maximum Gasteiger partial charge on any atom is 0.200 e. The Hall–Kier alpha value is -6.63. The minimum atomic E-state index is -1.09. The first-order chi connectivity index (χ1) is 33.4. The van der Waals surface area contributed by atoms with Crippen molar-refractivity contribution in [3.8, 4) is 57.3 Å². The van der Waals surface area contributed by atoms with Gasteiger partial charge in [0.25, 0.3) is 0 Å². The standard InChI is InChI=1S/C57H60N2O10/c58-29-69-49-21-30(12-16-46(49)63)11-15-45(62)40-23-33(22-32-13-14-36(61)26-47(32)64)39-24-34-25-44(57-18-4-3-10-43(57)38-17-19-59-53(38)37-8-1-2-9-42(37)57)51(52(39)54(40)66)41-27-48(65)55(67)56(50(34)41)68-28-31-6-5-7-35(60)20-31/h1-2,5-9,12-14,16-17,19-21,26-27,33-34,39-40,43-44,51-52,54,59-61,63-67H,3-4,10-11,15,18,22-25,28-29,58H2/t33-,34+,39-,40+,43-,44+,51+,52+,54-,57+/m0/s1. The number of carbonyl (C=O) groups is 1. The monoisotopic (exact) mass is 932 g/mol. The lowest BCUT2D eigenvalue weighted by molar-refractivity contribution is -0.136. The van der Waals surface area contributed by atoms with E-state index in [9.17, 15) is 35.7 Å². The van der Waals surface area contributed by atoms with Crippen molar-refractivity contribution in [3.05, 3.63) is 142 Å². The van der Waals surface area contributed by atoms with Crippen LogP contribution in [0.2, 0.25) is 0 Å². The molecule has 1 heterocycles. The summed E-state index contributed by atoms with van der Waals surface area (Å²) in [5.74, 6) is -2.62. The zero-order valence-corrected chi connectivity index (χ0v) is 38.4. The summed E-state index contributed by atoms with van der Waals surface area (Å²) in [4.78, 5) is 18.6. The molecule has 12 rings (SSSR count). The number of aromatic hydroxyl groups is 6. The molecular formula is C57H60N2O10. The van der Waals surface area contributed by atoms with Gasteiger partial charge in [0.15, 0.2) is 23.0 Å². The second-order valence-electron chi connectivity index (χ2n) is 20.5. The summed E-state index contributed by atoms with van der Waals surface area (Å²) in [5, 5.41) is 79.5. The highest BCUT2D eigenvalue weighted by molar-refractivity contribution is 5.82. The van der Waals surface area contributed by atoms with Gasteiger partial charge < -0.3 is 50.2 Å². The van der Waals surface area contributed by atoms with E-state index >= 15 is 4.79 Å². The van der Waals surface area contributed by atoms with E-state index in [2.05, 4.69) is 35.3 Å². The van der Waals surface area contributed by atoms with Gasteiger partial charge in [0.05, 0.1) is 6.10 Å². The maximum absolute atomic E-state index is 15.0. The largest absolute Gasteiger partial charge is 0.508 e. The van der Waals surface area contributed by atoms with Gasteiger partial charge in [-0.2, -0.15) is 0 Å². The van der Waals surface area contributed by atoms with Gasteiger partial charge in [0.2, 0.25) is 5.75 Å². The average Bonchev–Trinajstić information content (AvgIpc) is 3.72. The van der Waals surface area contributed by atoms with Gasteiger partial charge >= 0.3 is 0 Å². The number of hydrogen-bond donors (Lipinski definition) is 9. The molecule has 5 aromatic carbocycles. The van der Waals surface area contributed by atoms with Crippen molar-refractivity contribution >= 4 is 5.78 Å². The SMILES string of the molecule is NCOc1cc(CCC(=O)[C@H]2C[C@H](Cc3ccc(O)cc3O)[C@@H]3C[C@@H]4C[C@@H]([C@@]56CCCC[C@H]5c5cc[nH]c5-c5ccccc56)[C@@H](c5cc(O)c(O)c(OCc6cccc(O)c6)c54)[C@@H]3[C@H]2O)ccc1O. The Balaban J connectivity index is 1.08. The minimum absolute atomic E-state index is 0.0179. The quantitative estimate of drug-likeness (QED) is 0.0416. The number of ether oxygens (including phenoxy) is 2.